The molecule has 0 saturated carbocycles. The molecule has 5 heterocycles. The second-order valence-corrected chi connectivity index (χ2v) is 37.0. The number of benzene rings is 9. The van der Waals surface area contributed by atoms with Crippen LogP contribution in [0.2, 0.25) is 15.1 Å². The van der Waals surface area contributed by atoms with Gasteiger partial charge in [-0.2, -0.15) is 54.8 Å². The van der Waals surface area contributed by atoms with E-state index in [1.54, 1.807) is 151 Å². The summed E-state index contributed by atoms with van der Waals surface area (Å²) < 4.78 is 170. The lowest BCUT2D eigenvalue weighted by molar-refractivity contribution is -0.156. The number of methoxy groups -OCH3 is 3. The minimum absolute atomic E-state index is 0.0247. The van der Waals surface area contributed by atoms with Crippen LogP contribution in [-0.2, 0) is 82.5 Å². The number of alkyl halides is 9. The number of anilines is 5. The van der Waals surface area contributed by atoms with Crippen LogP contribution in [0.3, 0.4) is 0 Å². The molecule has 3 aliphatic rings. The number of carbonyl (C=O) groups is 6. The number of aliphatic carboxylic acids is 2. The molecule has 0 radical (unpaired) electrons. The van der Waals surface area contributed by atoms with E-state index in [2.05, 4.69) is 46.2 Å². The van der Waals surface area contributed by atoms with E-state index in [4.69, 9.17) is 77.8 Å². The molecule has 2 aliphatic heterocycles. The first-order valence-electron chi connectivity index (χ1n) is 45.4. The predicted molar refractivity (Wildman–Crippen MR) is 521 cm³/mol. The van der Waals surface area contributed by atoms with Crippen LogP contribution in [0.1, 0.15) is 177 Å². The highest BCUT2D eigenvalue weighted by atomic mass is 35.5. The number of hydrogen-bond donors (Lipinski definition) is 5. The molecule has 0 saturated heterocycles. The molecule has 30 nitrogen and oxygen atoms in total. The summed E-state index contributed by atoms with van der Waals surface area (Å²) in [6.07, 6.45) is -0.225. The van der Waals surface area contributed by atoms with Gasteiger partial charge in [-0.15, -0.1) is 0 Å². The Labute approximate surface area is 838 Å². The van der Waals surface area contributed by atoms with Gasteiger partial charge in [-0.1, -0.05) is 71.2 Å². The minimum atomic E-state index is -4.60. The number of halogens is 12. The van der Waals surface area contributed by atoms with E-state index in [1.807, 2.05) is 0 Å². The van der Waals surface area contributed by atoms with E-state index in [0.717, 1.165) is 42.5 Å². The molecule has 1 aliphatic carbocycles. The van der Waals surface area contributed by atoms with E-state index in [0.29, 0.717) is 131 Å². The predicted octanol–water partition coefficient (Wildman–Crippen LogP) is 21.9. The quantitative estimate of drug-likeness (QED) is 0.0145. The first-order chi connectivity index (χ1) is 68.1. The second kappa shape index (κ2) is 47.2. The zero-order valence-corrected chi connectivity index (χ0v) is 82.7. The van der Waals surface area contributed by atoms with Gasteiger partial charge in [0.25, 0.3) is 11.8 Å². The van der Waals surface area contributed by atoms with Crippen molar-refractivity contribution in [2.24, 2.45) is 0 Å². The molecule has 0 bridgehead atoms. The Kier molecular flexibility index (Phi) is 35.6. The molecule has 0 fully saturated rings. The van der Waals surface area contributed by atoms with Crippen molar-refractivity contribution < 1.29 is 116 Å². The summed E-state index contributed by atoms with van der Waals surface area (Å²) in [7, 11) is 4.49. The SMILES string of the molecule is COc1cc(NC(C(=O)N2CCc3cc(C)c(C(F)(F)F)cc32)c2ccc(Cl)cc2OCCCC(=O)O)cc(-n2cncn2)c1.COc1cc(NC(C(=O)N2CCc3cc(C)c(C(F)(F)F)cc32)c2ccc(Cl)cc2OCCCC(=O)OC(C)(C)C)cc(-n2cncn2)c1.COc1cc(NC(C(=O)O)c2ccc(Cl)cc2OCCCC(=O)OC(C)(C)C)cc(-n2cncn2)c1.Cc1cc2c(cc1C(F)(F)F)CCC2. The largest absolute Gasteiger partial charge is 0.497 e. The number of rotatable bonds is 33. The Morgan fingerprint density at radius 3 is 1.03 bits per heavy atom. The fourth-order valence-corrected chi connectivity index (χ4v) is 16.7. The fraction of sp³-hybridized carbons (Fsp3) is 0.353. The number of amides is 2. The number of aromatic nitrogens is 9. The van der Waals surface area contributed by atoms with Crippen molar-refractivity contribution in [2.45, 2.75) is 181 Å². The van der Waals surface area contributed by atoms with Crippen molar-refractivity contribution >= 4 is 98.9 Å². The van der Waals surface area contributed by atoms with Gasteiger partial charge >= 0.3 is 42.4 Å². The molecule has 5 N–H and O–H groups in total. The van der Waals surface area contributed by atoms with Crippen LogP contribution in [0.5, 0.6) is 34.5 Å². The van der Waals surface area contributed by atoms with Crippen LogP contribution in [0, 0.1) is 20.8 Å². The first-order valence-corrected chi connectivity index (χ1v) is 46.5. The average molecular weight is 2060 g/mol. The maximum Gasteiger partial charge on any atom is 0.416 e. The number of hydrogen-bond acceptors (Lipinski definition) is 23. The summed E-state index contributed by atoms with van der Waals surface area (Å²) in [5, 5.41) is 42.1. The maximum atomic E-state index is 14.6. The van der Waals surface area contributed by atoms with Gasteiger partial charge in [-0.25, -0.2) is 33.8 Å². The Balaban J connectivity index is 0.000000181. The first kappa shape index (κ1) is 108. The number of esters is 2. The number of nitrogens with zero attached hydrogens (tertiary/aromatic N) is 11. The van der Waals surface area contributed by atoms with Crippen LogP contribution >= 0.6 is 34.8 Å². The van der Waals surface area contributed by atoms with Crippen molar-refractivity contribution in [1.82, 2.24) is 44.3 Å². The van der Waals surface area contributed by atoms with Crippen LogP contribution in [0.25, 0.3) is 17.1 Å². The van der Waals surface area contributed by atoms with E-state index >= 15 is 0 Å². The number of fused-ring (bicyclic) bond motifs is 3. The van der Waals surface area contributed by atoms with E-state index in [1.165, 1.54) is 128 Å². The normalized spacial score (nSPS) is 13.3. The monoisotopic (exact) mass is 2060 g/mol. The molecule has 42 heteroatoms. The molecule has 764 valence electrons. The molecule has 3 unspecified atom stereocenters. The molecular formula is C102H106Cl3F9N14O16. The number of nitrogens with one attached hydrogen (secondary N) is 3. The third-order valence-electron chi connectivity index (χ3n) is 22.7. The van der Waals surface area contributed by atoms with Gasteiger partial charge in [0.2, 0.25) is 0 Å². The Morgan fingerprint density at radius 2 is 0.722 bits per heavy atom. The molecule has 12 aromatic rings. The zero-order valence-electron chi connectivity index (χ0n) is 80.4. The number of carbonyl (C=O) groups excluding carboxylic acids is 4. The highest BCUT2D eigenvalue weighted by molar-refractivity contribution is 6.31. The van der Waals surface area contributed by atoms with Crippen LogP contribution in [0.4, 0.5) is 68.0 Å². The van der Waals surface area contributed by atoms with Crippen LogP contribution < -0.4 is 54.2 Å². The molecule has 0 spiro atoms. The molecule has 144 heavy (non-hydrogen) atoms. The highest BCUT2D eigenvalue weighted by Crippen LogP contribution is 2.46. The van der Waals surface area contributed by atoms with Gasteiger partial charge in [0, 0.05) is 129 Å². The molecular weight excluding hydrogens is 1950 g/mol. The van der Waals surface area contributed by atoms with Crippen molar-refractivity contribution in [1.29, 1.82) is 0 Å². The lowest BCUT2D eigenvalue weighted by Gasteiger charge is -2.28. The second-order valence-electron chi connectivity index (χ2n) is 35.7. The third kappa shape index (κ3) is 29.2. The zero-order chi connectivity index (χ0) is 104. The van der Waals surface area contributed by atoms with Crippen molar-refractivity contribution in [3.05, 3.63) is 271 Å². The van der Waals surface area contributed by atoms with Crippen LogP contribution in [-0.4, -0.2) is 156 Å². The van der Waals surface area contributed by atoms with Crippen molar-refractivity contribution in [2.75, 3.05) is 80.0 Å². The molecule has 3 aromatic heterocycles. The number of carboxylic acids is 2. The minimum Gasteiger partial charge on any atom is -0.497 e. The van der Waals surface area contributed by atoms with Gasteiger partial charge in [0.1, 0.15) is 95.7 Å². The highest BCUT2D eigenvalue weighted by Gasteiger charge is 2.42. The van der Waals surface area contributed by atoms with Crippen molar-refractivity contribution in [3.8, 4) is 51.6 Å². The number of ether oxygens (including phenoxy) is 8. The molecule has 3 atom stereocenters. The lowest BCUT2D eigenvalue weighted by Crippen LogP contribution is -2.37. The fourth-order valence-electron chi connectivity index (χ4n) is 16.2. The third-order valence-corrected chi connectivity index (χ3v) is 23.4. The summed E-state index contributed by atoms with van der Waals surface area (Å²) in [5.41, 5.74) is 5.10. The Bertz CT molecular complexity index is 6560. The van der Waals surface area contributed by atoms with Crippen LogP contribution in [0.15, 0.2) is 184 Å². The molecule has 9 aromatic carbocycles. The number of aryl methyl sites for hydroxylation is 5. The average Bonchev–Trinajstić information content (AvgIpc) is 1.60. The van der Waals surface area contributed by atoms with Crippen molar-refractivity contribution in [3.63, 3.8) is 0 Å². The maximum absolute atomic E-state index is 14.6. The van der Waals surface area contributed by atoms with E-state index < -0.39 is 88.3 Å². The molecule has 15 rings (SSSR count). The van der Waals surface area contributed by atoms with E-state index in [9.17, 15) is 73.4 Å². The smallest absolute Gasteiger partial charge is 0.416 e. The Hall–Kier alpha value is -14.3. The summed E-state index contributed by atoms with van der Waals surface area (Å²) in [5.74, 6) is -1.68. The van der Waals surface area contributed by atoms with Gasteiger partial charge in [0.15, 0.2) is 6.04 Å². The molecule has 2 amide bonds. The van der Waals surface area contributed by atoms with Gasteiger partial charge in [-0.05, 0) is 225 Å². The summed E-state index contributed by atoms with van der Waals surface area (Å²) in [6.45, 7) is 15.7. The summed E-state index contributed by atoms with van der Waals surface area (Å²) in [4.78, 5) is 91.2. The van der Waals surface area contributed by atoms with Gasteiger partial charge < -0.3 is 73.9 Å². The number of carboxylic acid groups (broad SMARTS) is 2. The van der Waals surface area contributed by atoms with E-state index in [-0.39, 0.29) is 105 Å². The van der Waals surface area contributed by atoms with Gasteiger partial charge in [-0.3, -0.25) is 24.0 Å². The summed E-state index contributed by atoms with van der Waals surface area (Å²) in [6, 6.07) is 34.1. The summed E-state index contributed by atoms with van der Waals surface area (Å²) >= 11 is 18.8. The van der Waals surface area contributed by atoms with Gasteiger partial charge in [0.05, 0.1) is 74.9 Å². The Morgan fingerprint density at radius 1 is 0.403 bits per heavy atom. The topological polar surface area (TPSA) is 351 Å². The standard InChI is InChI=1S/C35H37ClF3N5O5.C31H29ClF3N5O5.C25H29ClN4O6.C11H11F3/c1-21-13-22-10-11-43(29(22)18-28(21)35(37,38)39)33(46)32(42-24-15-25(17-26(16-24)47-5)44-20-40-19-41-44)27-9-8-23(36)14-30(27)48-12-6-7-31(45)49-34(2,3)4;1-18-10-19-7-8-39(26(19)15-25(18)31(33,34)35)30(43)29(24-6-5-20(32)11-27(24)45-9-3-4-28(41)42)38-21-12-22(14-23(13-21)44-2)40-17-36-16-37-40;1-25(2,3)36-22(31)6-5-9-35-21-10-16(26)7-8-20(21)23(24(32)33)29-17-11-18(13-19(12-17)34-4)30-15-27-14-28-30;1-7-5-8-3-2-4-9(8)6-10(7)11(12,13)14/h8-9,13-20,32,42H,6-7,10-12H2,1-5H3;5-6,10-17,29,38H,3-4,7-9H2,1-2H3,(H,41,42);7-8,10-15,23,29H,5-6,9H2,1-4H3,(H,32,33);5-6H,2-4H2,1H3. The lowest BCUT2D eigenvalue weighted by atomic mass is 10.0.